The van der Waals surface area contributed by atoms with Crippen molar-refractivity contribution >= 4 is 28.1 Å². The molecule has 0 radical (unpaired) electrons. The summed E-state index contributed by atoms with van der Waals surface area (Å²) in [6.45, 7) is 3.16. The summed E-state index contributed by atoms with van der Waals surface area (Å²) in [5.74, 6) is 0. The van der Waals surface area contributed by atoms with Crippen molar-refractivity contribution in [3.05, 3.63) is 10.0 Å². The van der Waals surface area contributed by atoms with E-state index in [-0.39, 0.29) is 0 Å². The number of nitriles is 1. The Morgan fingerprint density at radius 3 is 2.87 bits per heavy atom. The Hall–Kier alpha value is -0.790. The quantitative estimate of drug-likeness (QED) is 0.880. The predicted molar refractivity (Wildman–Crippen MR) is 62.3 cm³/mol. The zero-order valence-electron chi connectivity index (χ0n) is 8.51. The first-order valence-corrected chi connectivity index (χ1v) is 6.19. The summed E-state index contributed by atoms with van der Waals surface area (Å²) in [7, 11) is 0. The highest BCUT2D eigenvalue weighted by Gasteiger charge is 2.40. The van der Waals surface area contributed by atoms with Crippen molar-refractivity contribution in [2.45, 2.75) is 26.2 Å². The highest BCUT2D eigenvalue weighted by Crippen LogP contribution is 2.48. The van der Waals surface area contributed by atoms with E-state index in [2.05, 4.69) is 17.2 Å². The number of aromatic nitrogens is 1. The molecule has 1 aromatic rings. The van der Waals surface area contributed by atoms with Crippen LogP contribution in [0.2, 0.25) is 5.15 Å². The van der Waals surface area contributed by atoms with Crippen LogP contribution in [0.3, 0.4) is 0 Å². The Morgan fingerprint density at radius 2 is 2.40 bits per heavy atom. The molecule has 5 heteroatoms. The van der Waals surface area contributed by atoms with Gasteiger partial charge in [0.15, 0.2) is 10.3 Å². The first-order chi connectivity index (χ1) is 7.19. The van der Waals surface area contributed by atoms with E-state index in [0.717, 1.165) is 11.7 Å². The van der Waals surface area contributed by atoms with E-state index in [0.29, 0.717) is 15.4 Å². The first-order valence-electron chi connectivity index (χ1n) is 4.99. The van der Waals surface area contributed by atoms with Crippen LogP contribution >= 0.6 is 22.9 Å². The van der Waals surface area contributed by atoms with Gasteiger partial charge in [-0.15, -0.1) is 0 Å². The molecule has 0 aromatic carbocycles. The molecule has 0 amide bonds. The molecule has 0 unspecified atom stereocenters. The van der Waals surface area contributed by atoms with Crippen molar-refractivity contribution in [2.75, 3.05) is 11.9 Å². The lowest BCUT2D eigenvalue weighted by molar-refractivity contribution is 0.521. The van der Waals surface area contributed by atoms with E-state index in [1.54, 1.807) is 0 Å². The van der Waals surface area contributed by atoms with Crippen LogP contribution in [0.4, 0.5) is 5.13 Å². The standard InChI is InChI=1S/C10H12ClN3S/c1-2-10(3-4-10)6-13-9-14-8(11)7(5-12)15-9/h2-4,6H2,1H3,(H,13,14). The van der Waals surface area contributed by atoms with E-state index in [9.17, 15) is 0 Å². The number of thiazole rings is 1. The lowest BCUT2D eigenvalue weighted by Crippen LogP contribution is -2.14. The zero-order valence-corrected chi connectivity index (χ0v) is 10.1. The highest BCUT2D eigenvalue weighted by atomic mass is 35.5. The average Bonchev–Trinajstić information content (AvgIpc) is 2.94. The van der Waals surface area contributed by atoms with E-state index < -0.39 is 0 Å². The largest absolute Gasteiger partial charge is 0.361 e. The summed E-state index contributed by atoms with van der Waals surface area (Å²) in [6.07, 6.45) is 3.78. The van der Waals surface area contributed by atoms with Crippen molar-refractivity contribution in [2.24, 2.45) is 5.41 Å². The molecule has 0 spiro atoms. The third-order valence-corrected chi connectivity index (χ3v) is 4.31. The summed E-state index contributed by atoms with van der Waals surface area (Å²) in [5.41, 5.74) is 0.477. The fourth-order valence-electron chi connectivity index (χ4n) is 1.54. The van der Waals surface area contributed by atoms with E-state index in [4.69, 9.17) is 16.9 Å². The van der Waals surface area contributed by atoms with Gasteiger partial charge in [0, 0.05) is 6.54 Å². The van der Waals surface area contributed by atoms with Gasteiger partial charge in [-0.05, 0) is 24.7 Å². The summed E-state index contributed by atoms with van der Waals surface area (Å²) >= 11 is 7.10. The van der Waals surface area contributed by atoms with Gasteiger partial charge in [0.25, 0.3) is 0 Å². The van der Waals surface area contributed by atoms with Crippen molar-refractivity contribution in [1.82, 2.24) is 4.98 Å². The minimum Gasteiger partial charge on any atom is -0.361 e. The normalized spacial score (nSPS) is 17.1. The van der Waals surface area contributed by atoms with Crippen molar-refractivity contribution in [1.29, 1.82) is 5.26 Å². The molecular weight excluding hydrogens is 230 g/mol. The van der Waals surface area contributed by atoms with Crippen molar-refractivity contribution in [3.8, 4) is 6.07 Å². The summed E-state index contributed by atoms with van der Waals surface area (Å²) in [5, 5.41) is 13.1. The van der Waals surface area contributed by atoms with Crippen LogP contribution < -0.4 is 5.32 Å². The van der Waals surface area contributed by atoms with Crippen LogP contribution in [0.5, 0.6) is 0 Å². The van der Waals surface area contributed by atoms with Crippen LogP contribution in [-0.4, -0.2) is 11.5 Å². The number of nitrogens with zero attached hydrogens (tertiary/aromatic N) is 2. The van der Waals surface area contributed by atoms with Gasteiger partial charge in [-0.1, -0.05) is 29.9 Å². The van der Waals surface area contributed by atoms with Gasteiger partial charge in [-0.2, -0.15) is 5.26 Å². The minimum atomic E-state index is 0.311. The molecule has 1 fully saturated rings. The second-order valence-corrected chi connectivity index (χ2v) is 5.31. The molecule has 1 heterocycles. The molecule has 0 atom stereocenters. The molecule has 2 rings (SSSR count). The molecule has 1 saturated carbocycles. The number of halogens is 1. The molecule has 0 saturated heterocycles. The number of hydrogen-bond donors (Lipinski definition) is 1. The number of anilines is 1. The average molecular weight is 242 g/mol. The molecule has 0 aliphatic heterocycles. The van der Waals surface area contributed by atoms with E-state index in [1.165, 1.54) is 30.6 Å². The maximum absolute atomic E-state index is 8.73. The Morgan fingerprint density at radius 1 is 1.67 bits per heavy atom. The molecule has 80 valence electrons. The van der Waals surface area contributed by atoms with Gasteiger partial charge >= 0.3 is 0 Å². The van der Waals surface area contributed by atoms with Gasteiger partial charge in [-0.25, -0.2) is 4.98 Å². The predicted octanol–water partition coefficient (Wildman–Crippen LogP) is 3.27. The van der Waals surface area contributed by atoms with Crippen LogP contribution in [0, 0.1) is 16.7 Å². The lowest BCUT2D eigenvalue weighted by atomic mass is 10.0. The number of hydrogen-bond acceptors (Lipinski definition) is 4. The Balaban J connectivity index is 1.97. The third kappa shape index (κ3) is 2.24. The topological polar surface area (TPSA) is 48.7 Å². The summed E-state index contributed by atoms with van der Waals surface area (Å²) in [4.78, 5) is 4.58. The Kier molecular flexibility index (Phi) is 2.85. The molecule has 0 bridgehead atoms. The number of nitrogens with one attached hydrogen (secondary N) is 1. The molecule has 15 heavy (non-hydrogen) atoms. The Bertz CT molecular complexity index is 403. The van der Waals surface area contributed by atoms with E-state index >= 15 is 0 Å². The number of rotatable bonds is 4. The monoisotopic (exact) mass is 241 g/mol. The van der Waals surface area contributed by atoms with Crippen LogP contribution in [-0.2, 0) is 0 Å². The first kappa shape index (κ1) is 10.7. The third-order valence-electron chi connectivity index (χ3n) is 3.01. The SMILES string of the molecule is CCC1(CNc2nc(Cl)c(C#N)s2)CC1. The maximum atomic E-state index is 8.73. The Labute approximate surface area is 98.1 Å². The van der Waals surface area contributed by atoms with Crippen LogP contribution in [0.25, 0.3) is 0 Å². The minimum absolute atomic E-state index is 0.311. The molecule has 1 aromatic heterocycles. The summed E-state index contributed by atoms with van der Waals surface area (Å²) in [6, 6.07) is 2.03. The molecule has 1 aliphatic rings. The molecular formula is C10H12ClN3S. The highest BCUT2D eigenvalue weighted by molar-refractivity contribution is 7.16. The fourth-order valence-corrected chi connectivity index (χ4v) is 2.48. The summed E-state index contributed by atoms with van der Waals surface area (Å²) < 4.78 is 0. The van der Waals surface area contributed by atoms with Gasteiger partial charge in [-0.3, -0.25) is 0 Å². The molecule has 1 N–H and O–H groups in total. The maximum Gasteiger partial charge on any atom is 0.185 e. The lowest BCUT2D eigenvalue weighted by Gasteiger charge is -2.11. The molecule has 1 aliphatic carbocycles. The van der Waals surface area contributed by atoms with Gasteiger partial charge in [0.2, 0.25) is 0 Å². The van der Waals surface area contributed by atoms with Crippen molar-refractivity contribution < 1.29 is 0 Å². The second kappa shape index (κ2) is 3.99. The van der Waals surface area contributed by atoms with Crippen LogP contribution in [0.1, 0.15) is 31.1 Å². The van der Waals surface area contributed by atoms with Gasteiger partial charge in [0.1, 0.15) is 10.9 Å². The van der Waals surface area contributed by atoms with E-state index in [1.807, 2.05) is 6.07 Å². The zero-order chi connectivity index (χ0) is 10.9. The fraction of sp³-hybridized carbons (Fsp3) is 0.600. The van der Waals surface area contributed by atoms with Crippen molar-refractivity contribution in [3.63, 3.8) is 0 Å². The van der Waals surface area contributed by atoms with Gasteiger partial charge < -0.3 is 5.32 Å². The molecule has 3 nitrogen and oxygen atoms in total. The smallest absolute Gasteiger partial charge is 0.185 e. The van der Waals surface area contributed by atoms with Gasteiger partial charge in [0.05, 0.1) is 0 Å². The van der Waals surface area contributed by atoms with Crippen LogP contribution in [0.15, 0.2) is 0 Å². The second-order valence-electron chi connectivity index (χ2n) is 3.96.